The zero-order valence-electron chi connectivity index (χ0n) is 15.5. The Kier molecular flexibility index (Phi) is 6.23. The van der Waals surface area contributed by atoms with Gasteiger partial charge in [-0.1, -0.05) is 18.2 Å². The van der Waals surface area contributed by atoms with E-state index in [1.807, 2.05) is 0 Å². The number of carboxylic acids is 1. The topological polar surface area (TPSA) is 138 Å². The number of nitrogens with zero attached hydrogens (tertiary/aromatic N) is 1. The van der Waals surface area contributed by atoms with E-state index >= 15 is 0 Å². The average Bonchev–Trinajstić information content (AvgIpc) is 2.74. The van der Waals surface area contributed by atoms with Crippen LogP contribution in [0, 0.1) is 0 Å². The second-order valence-electron chi connectivity index (χ2n) is 6.03. The summed E-state index contributed by atoms with van der Waals surface area (Å²) in [6.07, 6.45) is 1.47. The number of carbonyl (C=O) groups is 3. The van der Waals surface area contributed by atoms with E-state index in [2.05, 4.69) is 15.6 Å². The Morgan fingerprint density at radius 2 is 1.63 bits per heavy atom. The third kappa shape index (κ3) is 5.10. The molecule has 0 unspecified atom stereocenters. The number of hydrogen-bond donors (Lipinski definition) is 4. The number of phenolic OH excluding ortho intramolecular Hbond substituents is 1. The molecular weight excluding hydrogens is 390 g/mol. The highest BCUT2D eigenvalue weighted by Crippen LogP contribution is 2.29. The number of ether oxygens (including phenoxy) is 1. The molecule has 0 radical (unpaired) electrons. The molecule has 0 spiro atoms. The van der Waals surface area contributed by atoms with Gasteiger partial charge in [0.2, 0.25) is 0 Å². The first-order chi connectivity index (χ1) is 14.4. The molecule has 152 valence electrons. The van der Waals surface area contributed by atoms with Crippen molar-refractivity contribution in [3.63, 3.8) is 0 Å². The quantitative estimate of drug-likeness (QED) is 0.472. The summed E-state index contributed by atoms with van der Waals surface area (Å²) in [5.74, 6) is -2.35. The maximum Gasteiger partial charge on any atom is 0.341 e. The number of hydrogen-bond acceptors (Lipinski definition) is 6. The highest BCUT2D eigenvalue weighted by molar-refractivity contribution is 6.10. The van der Waals surface area contributed by atoms with Crippen LogP contribution in [-0.2, 0) is 4.79 Å². The van der Waals surface area contributed by atoms with Crippen LogP contribution in [0.2, 0.25) is 0 Å². The minimum absolute atomic E-state index is 0.0244. The molecule has 0 bridgehead atoms. The third-order valence-corrected chi connectivity index (χ3v) is 3.90. The molecule has 30 heavy (non-hydrogen) atoms. The van der Waals surface area contributed by atoms with Gasteiger partial charge in [0.25, 0.3) is 11.8 Å². The van der Waals surface area contributed by atoms with Crippen LogP contribution >= 0.6 is 0 Å². The van der Waals surface area contributed by atoms with Gasteiger partial charge in [0.1, 0.15) is 17.2 Å². The lowest BCUT2D eigenvalue weighted by Gasteiger charge is -2.14. The summed E-state index contributed by atoms with van der Waals surface area (Å²) in [6, 6.07) is 15.1. The fourth-order valence-electron chi connectivity index (χ4n) is 2.51. The standard InChI is InChI=1S/C21H17N3O6/c25-18-7-2-1-5-14(18)20(28)24-17-11-13(30-12-19(26)27)8-9-15(17)23-21(29)16-6-3-4-10-22-16/h1-11,25H,12H2,(H,23,29)(H,24,28)(H,26,27). The predicted octanol–water partition coefficient (Wildman–Crippen LogP) is 2.76. The van der Waals surface area contributed by atoms with Gasteiger partial charge in [0, 0.05) is 12.3 Å². The summed E-state index contributed by atoms with van der Waals surface area (Å²) in [6.45, 7) is -0.577. The number of anilines is 2. The van der Waals surface area contributed by atoms with Crippen molar-refractivity contribution in [3.05, 3.63) is 78.1 Å². The van der Waals surface area contributed by atoms with E-state index < -0.39 is 24.4 Å². The lowest BCUT2D eigenvalue weighted by atomic mass is 10.1. The van der Waals surface area contributed by atoms with Gasteiger partial charge in [-0.25, -0.2) is 4.79 Å². The monoisotopic (exact) mass is 407 g/mol. The van der Waals surface area contributed by atoms with Crippen LogP contribution < -0.4 is 15.4 Å². The van der Waals surface area contributed by atoms with Gasteiger partial charge in [0.15, 0.2) is 6.61 Å². The Morgan fingerprint density at radius 1 is 0.900 bits per heavy atom. The van der Waals surface area contributed by atoms with Crippen LogP contribution in [0.5, 0.6) is 11.5 Å². The molecule has 9 nitrogen and oxygen atoms in total. The number of carboxylic acid groups (broad SMARTS) is 1. The van der Waals surface area contributed by atoms with Crippen LogP contribution in [0.1, 0.15) is 20.8 Å². The van der Waals surface area contributed by atoms with Crippen molar-refractivity contribution >= 4 is 29.2 Å². The summed E-state index contributed by atoms with van der Waals surface area (Å²) in [7, 11) is 0. The van der Waals surface area contributed by atoms with E-state index in [0.29, 0.717) is 0 Å². The molecule has 1 aromatic heterocycles. The lowest BCUT2D eigenvalue weighted by Crippen LogP contribution is -2.18. The minimum atomic E-state index is -1.16. The smallest absolute Gasteiger partial charge is 0.341 e. The molecule has 0 aliphatic rings. The first-order valence-electron chi connectivity index (χ1n) is 8.74. The van der Waals surface area contributed by atoms with E-state index in [1.165, 1.54) is 42.6 Å². The number of para-hydroxylation sites is 1. The third-order valence-electron chi connectivity index (χ3n) is 3.90. The number of nitrogens with one attached hydrogen (secondary N) is 2. The fourth-order valence-corrected chi connectivity index (χ4v) is 2.51. The number of aromatic hydroxyl groups is 1. The molecule has 4 N–H and O–H groups in total. The zero-order valence-corrected chi connectivity index (χ0v) is 15.5. The van der Waals surface area contributed by atoms with E-state index in [1.54, 1.807) is 24.3 Å². The van der Waals surface area contributed by atoms with Gasteiger partial charge in [-0.05, 0) is 36.4 Å². The van der Waals surface area contributed by atoms with Gasteiger partial charge in [0.05, 0.1) is 16.9 Å². The van der Waals surface area contributed by atoms with Gasteiger partial charge in [-0.2, -0.15) is 0 Å². The Bertz CT molecular complexity index is 1090. The largest absolute Gasteiger partial charge is 0.507 e. The number of carbonyl (C=O) groups excluding carboxylic acids is 2. The number of aliphatic carboxylic acids is 1. The van der Waals surface area contributed by atoms with Crippen molar-refractivity contribution in [3.8, 4) is 11.5 Å². The van der Waals surface area contributed by atoms with Crippen molar-refractivity contribution in [2.24, 2.45) is 0 Å². The molecule has 2 aromatic carbocycles. The number of rotatable bonds is 7. The fraction of sp³-hybridized carbons (Fsp3) is 0.0476. The summed E-state index contributed by atoms with van der Waals surface area (Å²) < 4.78 is 5.14. The van der Waals surface area contributed by atoms with Crippen LogP contribution in [0.4, 0.5) is 11.4 Å². The molecule has 0 aliphatic heterocycles. The van der Waals surface area contributed by atoms with Gasteiger partial charge >= 0.3 is 5.97 Å². The van der Waals surface area contributed by atoms with Crippen LogP contribution in [0.15, 0.2) is 66.9 Å². The first-order valence-corrected chi connectivity index (χ1v) is 8.74. The van der Waals surface area contributed by atoms with Crippen LogP contribution in [0.3, 0.4) is 0 Å². The molecule has 3 rings (SSSR count). The van der Waals surface area contributed by atoms with Crippen LogP contribution in [0.25, 0.3) is 0 Å². The molecule has 3 aromatic rings. The molecule has 0 saturated heterocycles. The second kappa shape index (κ2) is 9.20. The second-order valence-corrected chi connectivity index (χ2v) is 6.03. The van der Waals surface area contributed by atoms with Crippen molar-refractivity contribution in [2.45, 2.75) is 0 Å². The number of benzene rings is 2. The van der Waals surface area contributed by atoms with Gasteiger partial charge < -0.3 is 25.6 Å². The summed E-state index contributed by atoms with van der Waals surface area (Å²) in [5, 5.41) is 23.9. The summed E-state index contributed by atoms with van der Waals surface area (Å²) in [4.78, 5) is 39.7. The van der Waals surface area contributed by atoms with Crippen LogP contribution in [-0.4, -0.2) is 39.6 Å². The van der Waals surface area contributed by atoms with Crippen molar-refractivity contribution < 1.29 is 29.3 Å². The summed E-state index contributed by atoms with van der Waals surface area (Å²) in [5.41, 5.74) is 0.575. The maximum atomic E-state index is 12.6. The molecule has 0 saturated carbocycles. The first kappa shape index (κ1) is 20.3. The lowest BCUT2D eigenvalue weighted by molar-refractivity contribution is -0.139. The highest BCUT2D eigenvalue weighted by atomic mass is 16.5. The van der Waals surface area contributed by atoms with Gasteiger partial charge in [-0.3, -0.25) is 14.6 Å². The number of pyridine rings is 1. The van der Waals surface area contributed by atoms with Crippen molar-refractivity contribution in [1.29, 1.82) is 0 Å². The SMILES string of the molecule is O=C(O)COc1ccc(NC(=O)c2ccccn2)c(NC(=O)c2ccccc2O)c1. The molecule has 0 aliphatic carbocycles. The average molecular weight is 407 g/mol. The van der Waals surface area contributed by atoms with E-state index in [4.69, 9.17) is 9.84 Å². The maximum absolute atomic E-state index is 12.6. The molecule has 9 heteroatoms. The van der Waals surface area contributed by atoms with Crippen molar-refractivity contribution in [2.75, 3.05) is 17.2 Å². The normalized spacial score (nSPS) is 10.1. The number of amides is 2. The number of phenols is 1. The van der Waals surface area contributed by atoms with Crippen molar-refractivity contribution in [1.82, 2.24) is 4.98 Å². The molecule has 0 atom stereocenters. The minimum Gasteiger partial charge on any atom is -0.507 e. The predicted molar refractivity (Wildman–Crippen MR) is 108 cm³/mol. The number of aromatic nitrogens is 1. The Labute approximate surface area is 171 Å². The van der Waals surface area contributed by atoms with E-state index in [-0.39, 0.29) is 34.1 Å². The molecule has 0 fully saturated rings. The molecule has 1 heterocycles. The Hall–Kier alpha value is -4.40. The molecule has 2 amide bonds. The Morgan fingerprint density at radius 3 is 2.33 bits per heavy atom. The van der Waals surface area contributed by atoms with Gasteiger partial charge in [-0.15, -0.1) is 0 Å². The van der Waals surface area contributed by atoms with E-state index in [9.17, 15) is 19.5 Å². The Balaban J connectivity index is 1.89. The zero-order chi connectivity index (χ0) is 21.5. The molecular formula is C21H17N3O6. The highest BCUT2D eigenvalue weighted by Gasteiger charge is 2.16. The van der Waals surface area contributed by atoms with E-state index in [0.717, 1.165) is 0 Å². The summed E-state index contributed by atoms with van der Waals surface area (Å²) >= 11 is 0.